The minimum atomic E-state index is -0.653. The van der Waals surface area contributed by atoms with Gasteiger partial charge in [-0.15, -0.1) is 15.3 Å². The van der Waals surface area contributed by atoms with Gasteiger partial charge in [-0.25, -0.2) is 0 Å². The van der Waals surface area contributed by atoms with E-state index in [1.165, 1.54) is 18.4 Å². The summed E-state index contributed by atoms with van der Waals surface area (Å²) in [5, 5.41) is 21.5. The number of anilines is 2. The van der Waals surface area contributed by atoms with Gasteiger partial charge < -0.3 is 19.7 Å². The molecule has 1 aromatic carbocycles. The number of aromatic nitrogens is 4. The lowest BCUT2D eigenvalue weighted by atomic mass is 10.0. The van der Waals surface area contributed by atoms with Gasteiger partial charge >= 0.3 is 0 Å². The Labute approximate surface area is 190 Å². The van der Waals surface area contributed by atoms with Crippen molar-refractivity contribution in [2.24, 2.45) is 0 Å². The average Bonchev–Trinajstić information content (AvgIpc) is 3.44. The topological polar surface area (TPSA) is 102 Å². The van der Waals surface area contributed by atoms with Crippen molar-refractivity contribution in [2.75, 3.05) is 37.5 Å². The first-order valence-corrected chi connectivity index (χ1v) is 11.2. The number of carbonyl (C=O) groups excluding carboxylic acids is 1. The fourth-order valence-corrected chi connectivity index (χ4v) is 4.55. The van der Waals surface area contributed by atoms with Gasteiger partial charge in [-0.3, -0.25) is 4.79 Å². The zero-order valence-corrected chi connectivity index (χ0v) is 19.1. The molecule has 1 N–H and O–H groups in total. The van der Waals surface area contributed by atoms with Gasteiger partial charge in [0.05, 0.1) is 19.7 Å². The first-order valence-electron chi connectivity index (χ1n) is 10.4. The summed E-state index contributed by atoms with van der Waals surface area (Å²) in [6.45, 7) is 3.73. The predicted octanol–water partition coefficient (Wildman–Crippen LogP) is 2.84. The molecule has 9 nitrogen and oxygen atoms in total. The molecule has 0 spiro atoms. The van der Waals surface area contributed by atoms with Gasteiger partial charge in [-0.2, -0.15) is 5.10 Å². The highest BCUT2D eigenvalue weighted by atomic mass is 32.1. The summed E-state index contributed by atoms with van der Waals surface area (Å²) in [4.78, 5) is 15.0. The van der Waals surface area contributed by atoms with Crippen LogP contribution in [0.1, 0.15) is 28.7 Å². The van der Waals surface area contributed by atoms with E-state index in [4.69, 9.17) is 9.47 Å². The molecule has 0 bridgehead atoms. The Morgan fingerprint density at radius 1 is 1.25 bits per heavy atom. The molecule has 1 saturated heterocycles. The minimum absolute atomic E-state index is 0.0644. The zero-order valence-electron chi connectivity index (χ0n) is 18.3. The van der Waals surface area contributed by atoms with E-state index in [2.05, 4.69) is 30.6 Å². The minimum Gasteiger partial charge on any atom is -0.497 e. The van der Waals surface area contributed by atoms with Crippen LogP contribution in [-0.2, 0) is 16.0 Å². The molecule has 0 saturated carbocycles. The molecule has 0 amide bonds. The molecule has 2 atom stereocenters. The molecule has 32 heavy (non-hydrogen) atoms. The lowest BCUT2D eigenvalue weighted by Crippen LogP contribution is -2.26. The molecule has 1 fully saturated rings. The molecule has 1 aliphatic heterocycles. The zero-order chi connectivity index (χ0) is 22.5. The van der Waals surface area contributed by atoms with Crippen LogP contribution in [0.4, 0.5) is 10.9 Å². The number of aryl methyl sites for hydroxylation is 1. The fourth-order valence-electron chi connectivity index (χ4n) is 3.72. The van der Waals surface area contributed by atoms with E-state index in [1.807, 2.05) is 37.3 Å². The Bertz CT molecular complexity index is 1060. The predicted molar refractivity (Wildman–Crippen MR) is 122 cm³/mol. The van der Waals surface area contributed by atoms with Crippen LogP contribution in [0.5, 0.6) is 5.75 Å². The highest BCUT2D eigenvalue weighted by Crippen LogP contribution is 2.26. The summed E-state index contributed by atoms with van der Waals surface area (Å²) in [5.41, 5.74) is 1.88. The maximum Gasteiger partial charge on any atom is 0.205 e. The lowest BCUT2D eigenvalue weighted by molar-refractivity contribution is -0.128. The van der Waals surface area contributed by atoms with E-state index in [0.717, 1.165) is 42.2 Å². The second-order valence-electron chi connectivity index (χ2n) is 7.70. The average molecular weight is 455 g/mol. The van der Waals surface area contributed by atoms with Crippen molar-refractivity contribution in [1.82, 2.24) is 20.4 Å². The van der Waals surface area contributed by atoms with Gasteiger partial charge in [-0.1, -0.05) is 23.5 Å². The third-order valence-corrected chi connectivity index (χ3v) is 6.21. The van der Waals surface area contributed by atoms with E-state index in [0.29, 0.717) is 10.1 Å². The van der Waals surface area contributed by atoms with E-state index >= 15 is 0 Å². The second kappa shape index (κ2) is 10.0. The summed E-state index contributed by atoms with van der Waals surface area (Å²) in [6.07, 6.45) is 2.23. The summed E-state index contributed by atoms with van der Waals surface area (Å²) in [7, 11) is 3.14. The third-order valence-electron chi connectivity index (χ3n) is 5.36. The van der Waals surface area contributed by atoms with Crippen LogP contribution >= 0.6 is 11.3 Å². The highest BCUT2D eigenvalue weighted by molar-refractivity contribution is 7.15. The van der Waals surface area contributed by atoms with Crippen LogP contribution in [0.25, 0.3) is 0 Å². The van der Waals surface area contributed by atoms with Crippen molar-refractivity contribution in [2.45, 2.75) is 31.9 Å². The summed E-state index contributed by atoms with van der Waals surface area (Å²) >= 11 is 1.40. The molecular weight excluding hydrogens is 428 g/mol. The van der Waals surface area contributed by atoms with E-state index in [1.54, 1.807) is 13.3 Å². The first-order chi connectivity index (χ1) is 15.6. The van der Waals surface area contributed by atoms with Crippen molar-refractivity contribution < 1.29 is 14.3 Å². The van der Waals surface area contributed by atoms with Gasteiger partial charge in [0.1, 0.15) is 16.9 Å². The molecule has 1 aliphatic rings. The largest absolute Gasteiger partial charge is 0.497 e. The number of hydrogen-bond acceptors (Lipinski definition) is 10. The molecule has 0 unspecified atom stereocenters. The van der Waals surface area contributed by atoms with E-state index in [9.17, 15) is 4.79 Å². The maximum absolute atomic E-state index is 12.8. The molecule has 168 valence electrons. The van der Waals surface area contributed by atoms with Gasteiger partial charge in [0.25, 0.3) is 0 Å². The Morgan fingerprint density at radius 2 is 2.06 bits per heavy atom. The number of methoxy groups -OCH3 is 2. The highest BCUT2D eigenvalue weighted by Gasteiger charge is 2.26. The van der Waals surface area contributed by atoms with Gasteiger partial charge in [0.2, 0.25) is 5.13 Å². The van der Waals surface area contributed by atoms with Gasteiger partial charge in [0.15, 0.2) is 11.6 Å². The van der Waals surface area contributed by atoms with Crippen molar-refractivity contribution in [1.29, 1.82) is 0 Å². The van der Waals surface area contributed by atoms with Crippen molar-refractivity contribution in [3.05, 3.63) is 52.7 Å². The lowest BCUT2D eigenvalue weighted by Gasteiger charge is -2.17. The standard InChI is InChI=1S/C22H26N6O3S/c1-14-10-19(25-23-12-14)28-9-8-16(13-28)24-22-27-26-20(32-22)11-18(29)21(31-3)15-4-6-17(30-2)7-5-15/h4-7,10,12,16,21H,8-9,11,13H2,1-3H3,(H,24,27)/t16-,21+/m1/s1. The molecule has 10 heteroatoms. The molecule has 0 aliphatic carbocycles. The number of benzene rings is 1. The molecule has 2 aromatic heterocycles. The molecule has 0 radical (unpaired) electrons. The van der Waals surface area contributed by atoms with Crippen molar-refractivity contribution in [3.63, 3.8) is 0 Å². The second-order valence-corrected chi connectivity index (χ2v) is 8.76. The first kappa shape index (κ1) is 22.1. The summed E-state index contributed by atoms with van der Waals surface area (Å²) in [6, 6.07) is 9.58. The van der Waals surface area contributed by atoms with E-state index < -0.39 is 6.10 Å². The summed E-state index contributed by atoms with van der Waals surface area (Å²) < 4.78 is 10.6. The number of carbonyl (C=O) groups is 1. The Morgan fingerprint density at radius 3 is 2.78 bits per heavy atom. The normalized spacial score (nSPS) is 16.7. The molecule has 3 heterocycles. The number of nitrogens with zero attached hydrogens (tertiary/aromatic N) is 5. The number of hydrogen-bond donors (Lipinski definition) is 1. The fraction of sp³-hybridized carbons (Fsp3) is 0.409. The van der Waals surface area contributed by atoms with Crippen LogP contribution in [0.3, 0.4) is 0 Å². The van der Waals surface area contributed by atoms with E-state index in [-0.39, 0.29) is 18.2 Å². The van der Waals surface area contributed by atoms with Crippen molar-refractivity contribution in [3.8, 4) is 5.75 Å². The Balaban J connectivity index is 1.33. The van der Waals surface area contributed by atoms with Crippen LogP contribution in [0.15, 0.2) is 36.5 Å². The quantitative estimate of drug-likeness (QED) is 0.523. The van der Waals surface area contributed by atoms with Crippen LogP contribution < -0.4 is 15.0 Å². The SMILES string of the molecule is COc1ccc([C@H](OC)C(=O)Cc2nnc(N[C@@H]3CCN(c4cc(C)cnn4)C3)s2)cc1. The number of ether oxygens (including phenoxy) is 2. The van der Waals surface area contributed by atoms with Gasteiger partial charge in [0, 0.05) is 26.2 Å². The smallest absolute Gasteiger partial charge is 0.205 e. The number of Topliss-reactive ketones (excluding diaryl/α,β-unsaturated/α-hetero) is 1. The maximum atomic E-state index is 12.8. The van der Waals surface area contributed by atoms with Crippen LogP contribution in [0, 0.1) is 6.92 Å². The summed E-state index contributed by atoms with van der Waals surface area (Å²) in [5.74, 6) is 1.56. The van der Waals surface area contributed by atoms with Crippen LogP contribution in [0.2, 0.25) is 0 Å². The number of nitrogens with one attached hydrogen (secondary N) is 1. The van der Waals surface area contributed by atoms with Crippen molar-refractivity contribution >= 4 is 28.1 Å². The Hall–Kier alpha value is -3.11. The third kappa shape index (κ3) is 5.20. The van der Waals surface area contributed by atoms with Crippen LogP contribution in [-0.4, -0.2) is 59.5 Å². The molecule has 3 aromatic rings. The molecule has 4 rings (SSSR count). The number of ketones is 1. The molecular formula is C22H26N6O3S. The monoisotopic (exact) mass is 454 g/mol. The number of rotatable bonds is 9. The van der Waals surface area contributed by atoms with Gasteiger partial charge in [-0.05, 0) is 42.7 Å². The Kier molecular flexibility index (Phi) is 6.91.